The first-order chi connectivity index (χ1) is 14.1. The fourth-order valence-electron chi connectivity index (χ4n) is 3.46. The Kier molecular flexibility index (Phi) is 5.43. The molecule has 29 heavy (non-hydrogen) atoms. The standard InChI is InChI=1S/C21H17Cl2N5O/c22-16-6-7-18(15(12-16)13-24)26-8-10-27(11-9-26)19-14-25-28(21(29)20(19)23)17-4-2-1-3-5-17/h1-7,12,14H,8-11H2. The van der Waals surface area contributed by atoms with E-state index in [1.54, 1.807) is 18.3 Å². The Morgan fingerprint density at radius 2 is 1.59 bits per heavy atom. The van der Waals surface area contributed by atoms with Crippen molar-refractivity contribution >= 4 is 34.6 Å². The second-order valence-corrected chi connectivity index (χ2v) is 7.46. The van der Waals surface area contributed by atoms with Gasteiger partial charge in [-0.3, -0.25) is 4.79 Å². The number of piperazine rings is 1. The molecule has 1 aliphatic heterocycles. The SMILES string of the molecule is N#Cc1cc(Cl)ccc1N1CCN(c2cnn(-c3ccccc3)c(=O)c2Cl)CC1. The van der Waals surface area contributed by atoms with Crippen molar-refractivity contribution < 1.29 is 0 Å². The molecule has 0 saturated carbocycles. The van der Waals surface area contributed by atoms with Crippen molar-refractivity contribution in [1.82, 2.24) is 9.78 Å². The van der Waals surface area contributed by atoms with E-state index in [1.807, 2.05) is 41.3 Å². The number of nitrogens with zero attached hydrogens (tertiary/aromatic N) is 5. The summed E-state index contributed by atoms with van der Waals surface area (Å²) in [5.41, 5.74) is 2.36. The normalized spacial score (nSPS) is 14.0. The highest BCUT2D eigenvalue weighted by Gasteiger charge is 2.23. The third-order valence-electron chi connectivity index (χ3n) is 4.94. The number of aromatic nitrogens is 2. The molecule has 0 N–H and O–H groups in total. The summed E-state index contributed by atoms with van der Waals surface area (Å²) in [7, 11) is 0. The van der Waals surface area contributed by atoms with E-state index in [0.717, 1.165) is 5.69 Å². The van der Waals surface area contributed by atoms with E-state index in [-0.39, 0.29) is 10.6 Å². The summed E-state index contributed by atoms with van der Waals surface area (Å²) in [6, 6.07) is 16.7. The number of anilines is 2. The molecule has 0 spiro atoms. The summed E-state index contributed by atoms with van der Waals surface area (Å²) < 4.78 is 1.30. The van der Waals surface area contributed by atoms with Crippen LogP contribution in [0.3, 0.4) is 0 Å². The number of rotatable bonds is 3. The van der Waals surface area contributed by atoms with Crippen LogP contribution in [0.25, 0.3) is 5.69 Å². The average Bonchev–Trinajstić information content (AvgIpc) is 2.76. The molecule has 4 rings (SSSR count). The van der Waals surface area contributed by atoms with Gasteiger partial charge in [-0.25, -0.2) is 0 Å². The lowest BCUT2D eigenvalue weighted by atomic mass is 10.1. The first-order valence-corrected chi connectivity index (χ1v) is 9.87. The third-order valence-corrected chi connectivity index (χ3v) is 5.53. The van der Waals surface area contributed by atoms with Gasteiger partial charge in [-0.2, -0.15) is 15.0 Å². The van der Waals surface area contributed by atoms with Gasteiger partial charge in [0.1, 0.15) is 11.1 Å². The molecule has 2 aromatic carbocycles. The summed E-state index contributed by atoms with van der Waals surface area (Å²) in [4.78, 5) is 16.9. The van der Waals surface area contributed by atoms with Crippen LogP contribution in [-0.4, -0.2) is 36.0 Å². The summed E-state index contributed by atoms with van der Waals surface area (Å²) in [5.74, 6) is 0. The molecular formula is C21H17Cl2N5O. The van der Waals surface area contributed by atoms with Gasteiger partial charge in [0, 0.05) is 31.2 Å². The lowest BCUT2D eigenvalue weighted by Crippen LogP contribution is -2.47. The van der Waals surface area contributed by atoms with E-state index in [9.17, 15) is 10.1 Å². The van der Waals surface area contributed by atoms with Gasteiger partial charge in [0.25, 0.3) is 5.56 Å². The van der Waals surface area contributed by atoms with Gasteiger partial charge in [0.05, 0.1) is 28.8 Å². The monoisotopic (exact) mass is 425 g/mol. The molecule has 1 aromatic heterocycles. The maximum absolute atomic E-state index is 12.7. The van der Waals surface area contributed by atoms with E-state index < -0.39 is 0 Å². The van der Waals surface area contributed by atoms with Gasteiger partial charge < -0.3 is 9.80 Å². The summed E-state index contributed by atoms with van der Waals surface area (Å²) in [5, 5.41) is 14.4. The Hall–Kier alpha value is -3.01. The minimum Gasteiger partial charge on any atom is -0.367 e. The van der Waals surface area contributed by atoms with Gasteiger partial charge in [-0.15, -0.1) is 0 Å². The van der Waals surface area contributed by atoms with Crippen LogP contribution in [0, 0.1) is 11.3 Å². The predicted octanol–water partition coefficient (Wildman–Crippen LogP) is 3.74. The van der Waals surface area contributed by atoms with Crippen LogP contribution in [0.5, 0.6) is 0 Å². The number of benzene rings is 2. The Bertz CT molecular complexity index is 1130. The average molecular weight is 426 g/mol. The third kappa shape index (κ3) is 3.80. The second-order valence-electron chi connectivity index (χ2n) is 6.64. The minimum absolute atomic E-state index is 0.154. The molecule has 1 saturated heterocycles. The fraction of sp³-hybridized carbons (Fsp3) is 0.190. The van der Waals surface area contributed by atoms with Crippen molar-refractivity contribution in [2.75, 3.05) is 36.0 Å². The predicted molar refractivity (Wildman–Crippen MR) is 115 cm³/mol. The van der Waals surface area contributed by atoms with Crippen LogP contribution in [0.15, 0.2) is 59.5 Å². The van der Waals surface area contributed by atoms with Crippen molar-refractivity contribution in [3.05, 3.63) is 80.7 Å². The second kappa shape index (κ2) is 8.16. The molecule has 0 atom stereocenters. The summed E-state index contributed by atoms with van der Waals surface area (Å²) >= 11 is 12.4. The van der Waals surface area contributed by atoms with Crippen molar-refractivity contribution in [2.45, 2.75) is 0 Å². The molecule has 0 bridgehead atoms. The number of hydrogen-bond acceptors (Lipinski definition) is 5. The number of nitriles is 1. The van der Waals surface area contributed by atoms with E-state index >= 15 is 0 Å². The lowest BCUT2D eigenvalue weighted by Gasteiger charge is -2.37. The van der Waals surface area contributed by atoms with Crippen LogP contribution >= 0.6 is 23.2 Å². The first kappa shape index (κ1) is 19.3. The highest BCUT2D eigenvalue weighted by atomic mass is 35.5. The van der Waals surface area contributed by atoms with Crippen molar-refractivity contribution in [3.63, 3.8) is 0 Å². The number of halogens is 2. The highest BCUT2D eigenvalue weighted by Crippen LogP contribution is 2.27. The molecule has 146 valence electrons. The maximum atomic E-state index is 12.7. The minimum atomic E-state index is -0.345. The van der Waals surface area contributed by atoms with Crippen molar-refractivity contribution in [1.29, 1.82) is 5.26 Å². The molecule has 6 nitrogen and oxygen atoms in total. The largest absolute Gasteiger partial charge is 0.367 e. The molecule has 8 heteroatoms. The van der Waals surface area contributed by atoms with Gasteiger partial charge in [0.2, 0.25) is 0 Å². The first-order valence-electron chi connectivity index (χ1n) is 9.11. The Morgan fingerprint density at radius 3 is 2.24 bits per heavy atom. The summed E-state index contributed by atoms with van der Waals surface area (Å²) in [6.45, 7) is 2.69. The van der Waals surface area contributed by atoms with Gasteiger partial charge >= 0.3 is 0 Å². The Labute approximate surface area is 178 Å². The van der Waals surface area contributed by atoms with Crippen LogP contribution < -0.4 is 15.4 Å². The molecule has 0 amide bonds. The molecule has 3 aromatic rings. The molecule has 0 aliphatic carbocycles. The Morgan fingerprint density at radius 1 is 0.931 bits per heavy atom. The molecule has 2 heterocycles. The highest BCUT2D eigenvalue weighted by molar-refractivity contribution is 6.33. The smallest absolute Gasteiger partial charge is 0.292 e. The zero-order valence-electron chi connectivity index (χ0n) is 15.4. The molecule has 1 fully saturated rings. The van der Waals surface area contributed by atoms with Crippen molar-refractivity contribution in [2.24, 2.45) is 0 Å². The topological polar surface area (TPSA) is 65.2 Å². The van der Waals surface area contributed by atoms with Gasteiger partial charge in [-0.1, -0.05) is 41.4 Å². The Balaban J connectivity index is 1.54. The lowest BCUT2D eigenvalue weighted by molar-refractivity contribution is 0.648. The zero-order chi connectivity index (χ0) is 20.4. The van der Waals surface area contributed by atoms with Crippen LogP contribution in [-0.2, 0) is 0 Å². The molecule has 1 aliphatic rings. The van der Waals surface area contributed by atoms with E-state index in [4.69, 9.17) is 23.2 Å². The van der Waals surface area contributed by atoms with E-state index in [2.05, 4.69) is 16.1 Å². The maximum Gasteiger partial charge on any atom is 0.292 e. The van der Waals surface area contributed by atoms with Crippen LogP contribution in [0.1, 0.15) is 5.56 Å². The number of para-hydroxylation sites is 1. The molecular weight excluding hydrogens is 409 g/mol. The van der Waals surface area contributed by atoms with Crippen LogP contribution in [0.2, 0.25) is 10.0 Å². The van der Waals surface area contributed by atoms with E-state index in [0.29, 0.717) is 48.1 Å². The molecule has 0 unspecified atom stereocenters. The quantitative estimate of drug-likeness (QED) is 0.639. The van der Waals surface area contributed by atoms with Crippen LogP contribution in [0.4, 0.5) is 11.4 Å². The zero-order valence-corrected chi connectivity index (χ0v) is 16.9. The van der Waals surface area contributed by atoms with E-state index in [1.165, 1.54) is 4.68 Å². The van der Waals surface area contributed by atoms with Gasteiger partial charge in [0.15, 0.2) is 0 Å². The van der Waals surface area contributed by atoms with Crippen molar-refractivity contribution in [3.8, 4) is 11.8 Å². The number of hydrogen-bond donors (Lipinski definition) is 0. The summed E-state index contributed by atoms with van der Waals surface area (Å²) in [6.07, 6.45) is 1.63. The van der Waals surface area contributed by atoms with Gasteiger partial charge in [-0.05, 0) is 30.3 Å². The molecule has 0 radical (unpaired) electrons. The fourth-order valence-corrected chi connectivity index (χ4v) is 3.88.